The molecule has 0 bridgehead atoms. The van der Waals surface area contributed by atoms with Crippen LogP contribution in [0.3, 0.4) is 0 Å². The number of hydrogen-bond acceptors (Lipinski definition) is 4. The highest BCUT2D eigenvalue weighted by Crippen LogP contribution is 2.42. The fraction of sp³-hybridized carbons (Fsp3) is 0.625. The number of hydrogen-bond donors (Lipinski definition) is 1. The van der Waals surface area contributed by atoms with Crippen molar-refractivity contribution in [3.63, 3.8) is 0 Å². The number of halogens is 1. The van der Waals surface area contributed by atoms with Crippen molar-refractivity contribution in [1.82, 2.24) is 0 Å². The van der Waals surface area contributed by atoms with Crippen LogP contribution in [0.25, 0.3) is 0 Å². The Kier molecular flexibility index (Phi) is 4.72. The zero-order chi connectivity index (χ0) is 14.8. The Bertz CT molecular complexity index is 505. The van der Waals surface area contributed by atoms with Gasteiger partial charge in [-0.05, 0) is 30.5 Å². The summed E-state index contributed by atoms with van der Waals surface area (Å²) < 4.78 is 18.0. The van der Waals surface area contributed by atoms with E-state index in [2.05, 4.69) is 22.9 Å². The molecule has 21 heavy (non-hydrogen) atoms. The summed E-state index contributed by atoms with van der Waals surface area (Å²) in [5.74, 6) is 1.60. The predicted octanol–water partition coefficient (Wildman–Crippen LogP) is 3.46. The summed E-state index contributed by atoms with van der Waals surface area (Å²) in [6.45, 7) is 4.13. The van der Waals surface area contributed by atoms with Crippen LogP contribution in [-0.2, 0) is 4.74 Å². The lowest BCUT2D eigenvalue weighted by Crippen LogP contribution is -2.22. The van der Waals surface area contributed by atoms with Crippen LogP contribution in [-0.4, -0.2) is 31.0 Å². The Morgan fingerprint density at radius 3 is 2.67 bits per heavy atom. The molecule has 4 nitrogen and oxygen atoms in total. The molecule has 1 aromatic carbocycles. The minimum Gasteiger partial charge on any atom is -0.490 e. The Labute approximate surface area is 133 Å². The van der Waals surface area contributed by atoms with Crippen LogP contribution >= 0.6 is 15.9 Å². The lowest BCUT2D eigenvalue weighted by atomic mass is 9.89. The normalized spacial score (nSPS) is 26.4. The summed E-state index contributed by atoms with van der Waals surface area (Å²) in [5, 5.41) is 10.8. The molecule has 1 N–H and O–H groups in total. The van der Waals surface area contributed by atoms with Crippen LogP contribution < -0.4 is 9.47 Å². The number of ether oxygens (including phenoxy) is 3. The highest BCUT2D eigenvalue weighted by atomic mass is 79.9. The van der Waals surface area contributed by atoms with Crippen molar-refractivity contribution in [2.75, 3.05) is 19.8 Å². The lowest BCUT2D eigenvalue weighted by molar-refractivity contribution is 0.0303. The maximum Gasteiger partial charge on any atom is 0.162 e. The van der Waals surface area contributed by atoms with Gasteiger partial charge in [0.05, 0.1) is 25.4 Å². The van der Waals surface area contributed by atoms with Gasteiger partial charge in [0.25, 0.3) is 0 Å². The molecule has 0 amide bonds. The smallest absolute Gasteiger partial charge is 0.162 e. The third-order valence-electron chi connectivity index (χ3n) is 4.25. The van der Waals surface area contributed by atoms with Gasteiger partial charge in [-0.2, -0.15) is 0 Å². The number of aliphatic hydroxyl groups excluding tert-OH is 1. The van der Waals surface area contributed by atoms with E-state index in [0.29, 0.717) is 13.2 Å². The molecular formula is C16H21BrO4. The second-order valence-electron chi connectivity index (χ2n) is 5.59. The molecule has 0 spiro atoms. The largest absolute Gasteiger partial charge is 0.490 e. The Morgan fingerprint density at radius 1 is 1.24 bits per heavy atom. The third-order valence-corrected chi connectivity index (χ3v) is 4.94. The minimum atomic E-state index is -0.552. The predicted molar refractivity (Wildman–Crippen MR) is 82.8 cm³/mol. The molecule has 1 fully saturated rings. The number of rotatable bonds is 3. The van der Waals surface area contributed by atoms with Crippen molar-refractivity contribution in [3.05, 3.63) is 22.2 Å². The third kappa shape index (κ3) is 3.05. The summed E-state index contributed by atoms with van der Waals surface area (Å²) >= 11 is 3.55. The monoisotopic (exact) mass is 356 g/mol. The van der Waals surface area contributed by atoms with E-state index in [1.807, 2.05) is 12.1 Å². The molecule has 2 aliphatic heterocycles. The van der Waals surface area contributed by atoms with Gasteiger partial charge < -0.3 is 19.3 Å². The molecule has 5 heteroatoms. The molecule has 1 saturated heterocycles. The van der Waals surface area contributed by atoms with E-state index in [1.54, 1.807) is 0 Å². The van der Waals surface area contributed by atoms with Crippen molar-refractivity contribution in [2.45, 2.75) is 38.4 Å². The molecule has 0 aliphatic carbocycles. The van der Waals surface area contributed by atoms with E-state index in [-0.39, 0.29) is 12.0 Å². The van der Waals surface area contributed by atoms with E-state index in [4.69, 9.17) is 14.2 Å². The van der Waals surface area contributed by atoms with Crippen LogP contribution in [0.5, 0.6) is 11.5 Å². The summed E-state index contributed by atoms with van der Waals surface area (Å²) in [4.78, 5) is 0. The lowest BCUT2D eigenvalue weighted by Gasteiger charge is -2.24. The van der Waals surface area contributed by atoms with E-state index >= 15 is 0 Å². The fourth-order valence-electron chi connectivity index (χ4n) is 3.10. The van der Waals surface area contributed by atoms with Gasteiger partial charge >= 0.3 is 0 Å². The van der Waals surface area contributed by atoms with E-state index < -0.39 is 6.10 Å². The quantitative estimate of drug-likeness (QED) is 0.900. The van der Waals surface area contributed by atoms with Crippen molar-refractivity contribution >= 4 is 15.9 Å². The zero-order valence-electron chi connectivity index (χ0n) is 12.2. The number of aliphatic hydroxyl groups is 1. The van der Waals surface area contributed by atoms with Crippen LogP contribution in [0.15, 0.2) is 16.6 Å². The average Bonchev–Trinajstić information content (AvgIpc) is 2.85. The zero-order valence-corrected chi connectivity index (χ0v) is 13.8. The van der Waals surface area contributed by atoms with Crippen LogP contribution in [0.4, 0.5) is 0 Å². The summed E-state index contributed by atoms with van der Waals surface area (Å²) in [7, 11) is 0. The van der Waals surface area contributed by atoms with Gasteiger partial charge in [0.2, 0.25) is 0 Å². The fourth-order valence-corrected chi connectivity index (χ4v) is 3.66. The van der Waals surface area contributed by atoms with Crippen molar-refractivity contribution in [3.8, 4) is 11.5 Å². The van der Waals surface area contributed by atoms with Crippen LogP contribution in [0, 0.1) is 5.92 Å². The molecular weight excluding hydrogens is 336 g/mol. The number of fused-ring (bicyclic) bond motifs is 1. The molecule has 3 unspecified atom stereocenters. The number of benzene rings is 1. The van der Waals surface area contributed by atoms with Gasteiger partial charge in [-0.3, -0.25) is 0 Å². The first-order chi connectivity index (χ1) is 10.2. The molecule has 0 aromatic heterocycles. The maximum absolute atomic E-state index is 10.8. The van der Waals surface area contributed by atoms with Crippen molar-refractivity contribution in [2.24, 2.45) is 5.92 Å². The standard InChI is InChI=1S/C16H21BrO4/c1-2-13-10(4-7-21-13)16(18)11-8-14-15(9-12(11)17)20-6-3-5-19-14/h8-10,13,16,18H,2-7H2,1H3. The first kappa shape index (κ1) is 15.1. The summed E-state index contributed by atoms with van der Waals surface area (Å²) in [6.07, 6.45) is 2.26. The molecule has 2 aliphatic rings. The summed E-state index contributed by atoms with van der Waals surface area (Å²) in [6, 6.07) is 3.80. The molecule has 0 saturated carbocycles. The van der Waals surface area contributed by atoms with Gasteiger partial charge in [0, 0.05) is 23.4 Å². The van der Waals surface area contributed by atoms with Crippen LogP contribution in [0.2, 0.25) is 0 Å². The van der Waals surface area contributed by atoms with Crippen LogP contribution in [0.1, 0.15) is 37.9 Å². The van der Waals surface area contributed by atoms with Gasteiger partial charge in [-0.25, -0.2) is 0 Å². The first-order valence-electron chi connectivity index (χ1n) is 7.59. The van der Waals surface area contributed by atoms with Crippen molar-refractivity contribution in [1.29, 1.82) is 0 Å². The van der Waals surface area contributed by atoms with E-state index in [0.717, 1.165) is 47.4 Å². The molecule has 1 aromatic rings. The molecule has 0 radical (unpaired) electrons. The Hall–Kier alpha value is -0.780. The molecule has 2 heterocycles. The molecule has 116 valence electrons. The van der Waals surface area contributed by atoms with E-state index in [1.165, 1.54) is 0 Å². The first-order valence-corrected chi connectivity index (χ1v) is 8.38. The highest BCUT2D eigenvalue weighted by molar-refractivity contribution is 9.10. The molecule has 3 rings (SSSR count). The van der Waals surface area contributed by atoms with Gasteiger partial charge in [0.15, 0.2) is 11.5 Å². The Balaban J connectivity index is 1.89. The average molecular weight is 357 g/mol. The van der Waals surface area contributed by atoms with Gasteiger partial charge in [-0.1, -0.05) is 22.9 Å². The summed E-state index contributed by atoms with van der Waals surface area (Å²) in [5.41, 5.74) is 0.855. The maximum atomic E-state index is 10.8. The minimum absolute atomic E-state index is 0.128. The van der Waals surface area contributed by atoms with Gasteiger partial charge in [-0.15, -0.1) is 0 Å². The molecule has 3 atom stereocenters. The topological polar surface area (TPSA) is 47.9 Å². The van der Waals surface area contributed by atoms with Gasteiger partial charge in [0.1, 0.15) is 0 Å². The highest BCUT2D eigenvalue weighted by Gasteiger charge is 2.34. The SMILES string of the molecule is CCC1OCCC1C(O)c1cc2c(cc1Br)OCCCO2. The van der Waals surface area contributed by atoms with Crippen molar-refractivity contribution < 1.29 is 19.3 Å². The second-order valence-corrected chi connectivity index (χ2v) is 6.44. The second kappa shape index (κ2) is 6.55. The Morgan fingerprint density at radius 2 is 1.95 bits per heavy atom. The van der Waals surface area contributed by atoms with E-state index in [9.17, 15) is 5.11 Å².